The van der Waals surface area contributed by atoms with Crippen LogP contribution < -0.4 is 16.0 Å². The van der Waals surface area contributed by atoms with Gasteiger partial charge in [-0.05, 0) is 44.2 Å². The fourth-order valence-corrected chi connectivity index (χ4v) is 2.11. The van der Waals surface area contributed by atoms with Crippen LogP contribution in [0, 0.1) is 11.8 Å². The van der Waals surface area contributed by atoms with E-state index in [0.717, 1.165) is 25.9 Å². The summed E-state index contributed by atoms with van der Waals surface area (Å²) in [4.78, 5) is 23.0. The molecular weight excluding hydrogens is 242 g/mol. The summed E-state index contributed by atoms with van der Waals surface area (Å²) >= 11 is 0. The van der Waals surface area contributed by atoms with Crippen LogP contribution in [0.5, 0.6) is 0 Å². The number of carbonyl (C=O) groups excluding carboxylic acids is 2. The summed E-state index contributed by atoms with van der Waals surface area (Å²) in [7, 11) is 0. The maximum atomic E-state index is 11.6. The van der Waals surface area contributed by atoms with Gasteiger partial charge in [-0.2, -0.15) is 0 Å². The molecule has 0 aromatic rings. The third-order valence-corrected chi connectivity index (χ3v) is 3.38. The Morgan fingerprint density at radius 3 is 2.68 bits per heavy atom. The molecule has 5 heteroatoms. The van der Waals surface area contributed by atoms with Crippen LogP contribution in [0.3, 0.4) is 0 Å². The molecule has 1 rings (SSSR count). The van der Waals surface area contributed by atoms with Crippen molar-refractivity contribution in [1.29, 1.82) is 0 Å². The molecular formula is C14H27N3O2. The van der Waals surface area contributed by atoms with E-state index < -0.39 is 0 Å². The molecule has 0 aromatic heterocycles. The van der Waals surface area contributed by atoms with Gasteiger partial charge in [-0.15, -0.1) is 0 Å². The number of carbonyl (C=O) groups is 2. The SMILES string of the molecule is CC(C)CCC(=O)NCC(=O)NCC1CCCNC1. The first-order chi connectivity index (χ1) is 9.08. The van der Waals surface area contributed by atoms with Gasteiger partial charge in [-0.3, -0.25) is 9.59 Å². The summed E-state index contributed by atoms with van der Waals surface area (Å²) in [6.45, 7) is 7.01. The molecule has 0 aromatic carbocycles. The lowest BCUT2D eigenvalue weighted by Gasteiger charge is -2.22. The Kier molecular flexibility index (Phi) is 7.48. The Morgan fingerprint density at radius 2 is 2.05 bits per heavy atom. The summed E-state index contributed by atoms with van der Waals surface area (Å²) in [5, 5.41) is 8.85. The van der Waals surface area contributed by atoms with E-state index in [0.29, 0.717) is 24.8 Å². The molecule has 0 aliphatic carbocycles. The van der Waals surface area contributed by atoms with Gasteiger partial charge in [0.2, 0.25) is 11.8 Å². The van der Waals surface area contributed by atoms with Crippen LogP contribution in [0.25, 0.3) is 0 Å². The standard InChI is InChI=1S/C14H27N3O2/c1-11(2)5-6-13(18)17-10-14(19)16-9-12-4-3-7-15-8-12/h11-12,15H,3-10H2,1-2H3,(H,16,19)(H,17,18). The van der Waals surface area contributed by atoms with Crippen molar-refractivity contribution in [2.24, 2.45) is 11.8 Å². The van der Waals surface area contributed by atoms with Gasteiger partial charge < -0.3 is 16.0 Å². The Morgan fingerprint density at radius 1 is 1.26 bits per heavy atom. The molecule has 1 aliphatic heterocycles. The van der Waals surface area contributed by atoms with Gasteiger partial charge in [0.15, 0.2) is 0 Å². The van der Waals surface area contributed by atoms with E-state index in [1.54, 1.807) is 0 Å². The lowest BCUT2D eigenvalue weighted by molar-refractivity contribution is -0.126. The van der Waals surface area contributed by atoms with E-state index >= 15 is 0 Å². The second kappa shape index (κ2) is 8.91. The van der Waals surface area contributed by atoms with Crippen molar-refractivity contribution in [3.05, 3.63) is 0 Å². The van der Waals surface area contributed by atoms with Crippen LogP contribution in [0.1, 0.15) is 39.5 Å². The Hall–Kier alpha value is -1.10. The number of rotatable bonds is 7. The summed E-state index contributed by atoms with van der Waals surface area (Å²) < 4.78 is 0. The topological polar surface area (TPSA) is 70.2 Å². The van der Waals surface area contributed by atoms with E-state index in [9.17, 15) is 9.59 Å². The zero-order chi connectivity index (χ0) is 14.1. The number of hydrogen-bond donors (Lipinski definition) is 3. The average molecular weight is 269 g/mol. The Labute approximate surface area is 115 Å². The highest BCUT2D eigenvalue weighted by molar-refractivity contribution is 5.84. The molecule has 5 nitrogen and oxygen atoms in total. The lowest BCUT2D eigenvalue weighted by Crippen LogP contribution is -2.42. The normalized spacial score (nSPS) is 19.2. The highest BCUT2D eigenvalue weighted by Crippen LogP contribution is 2.07. The molecule has 0 radical (unpaired) electrons. The monoisotopic (exact) mass is 269 g/mol. The van der Waals surface area contributed by atoms with Crippen molar-refractivity contribution in [1.82, 2.24) is 16.0 Å². The molecule has 1 unspecified atom stereocenters. The van der Waals surface area contributed by atoms with E-state index in [4.69, 9.17) is 0 Å². The molecule has 19 heavy (non-hydrogen) atoms. The molecule has 1 fully saturated rings. The molecule has 0 bridgehead atoms. The van der Waals surface area contributed by atoms with Crippen molar-refractivity contribution in [2.75, 3.05) is 26.2 Å². The zero-order valence-corrected chi connectivity index (χ0v) is 12.1. The molecule has 110 valence electrons. The third kappa shape index (κ3) is 7.82. The average Bonchev–Trinajstić information content (AvgIpc) is 2.41. The van der Waals surface area contributed by atoms with E-state index in [-0.39, 0.29) is 18.4 Å². The van der Waals surface area contributed by atoms with Crippen molar-refractivity contribution < 1.29 is 9.59 Å². The molecule has 0 spiro atoms. The van der Waals surface area contributed by atoms with Crippen LogP contribution in [-0.4, -0.2) is 38.0 Å². The van der Waals surface area contributed by atoms with Crippen LogP contribution in [-0.2, 0) is 9.59 Å². The van der Waals surface area contributed by atoms with Gasteiger partial charge in [-0.25, -0.2) is 0 Å². The number of amides is 2. The lowest BCUT2D eigenvalue weighted by atomic mass is 10.00. The second-order valence-corrected chi connectivity index (χ2v) is 5.73. The molecule has 1 atom stereocenters. The second-order valence-electron chi connectivity index (χ2n) is 5.73. The maximum Gasteiger partial charge on any atom is 0.239 e. The molecule has 0 saturated carbocycles. The largest absolute Gasteiger partial charge is 0.354 e. The van der Waals surface area contributed by atoms with E-state index in [2.05, 4.69) is 29.8 Å². The summed E-state index contributed by atoms with van der Waals surface area (Å²) in [6.07, 6.45) is 3.69. The van der Waals surface area contributed by atoms with Gasteiger partial charge in [0, 0.05) is 13.0 Å². The zero-order valence-electron chi connectivity index (χ0n) is 12.1. The number of piperidine rings is 1. The van der Waals surface area contributed by atoms with Crippen LogP contribution in [0.4, 0.5) is 0 Å². The van der Waals surface area contributed by atoms with Gasteiger partial charge in [0.05, 0.1) is 6.54 Å². The highest BCUT2D eigenvalue weighted by Gasteiger charge is 2.14. The first-order valence-electron chi connectivity index (χ1n) is 7.32. The fourth-order valence-electron chi connectivity index (χ4n) is 2.11. The smallest absolute Gasteiger partial charge is 0.239 e. The summed E-state index contributed by atoms with van der Waals surface area (Å²) in [6, 6.07) is 0. The number of hydrogen-bond acceptors (Lipinski definition) is 3. The first kappa shape index (κ1) is 16.0. The van der Waals surface area contributed by atoms with Gasteiger partial charge in [0.1, 0.15) is 0 Å². The Balaban J connectivity index is 2.05. The molecule has 3 N–H and O–H groups in total. The van der Waals surface area contributed by atoms with Crippen molar-refractivity contribution in [3.8, 4) is 0 Å². The van der Waals surface area contributed by atoms with Crippen LogP contribution in [0.2, 0.25) is 0 Å². The van der Waals surface area contributed by atoms with Crippen molar-refractivity contribution >= 4 is 11.8 Å². The highest BCUT2D eigenvalue weighted by atomic mass is 16.2. The maximum absolute atomic E-state index is 11.6. The predicted molar refractivity (Wildman–Crippen MR) is 75.7 cm³/mol. The Bertz CT molecular complexity index is 286. The van der Waals surface area contributed by atoms with E-state index in [1.807, 2.05) is 0 Å². The molecule has 1 saturated heterocycles. The minimum atomic E-state index is -0.0940. The van der Waals surface area contributed by atoms with E-state index in [1.165, 1.54) is 6.42 Å². The first-order valence-corrected chi connectivity index (χ1v) is 7.32. The predicted octanol–water partition coefficient (Wildman–Crippen LogP) is 0.655. The molecule has 1 aliphatic rings. The van der Waals surface area contributed by atoms with Gasteiger partial charge in [-0.1, -0.05) is 13.8 Å². The minimum absolute atomic E-state index is 0.0387. The van der Waals surface area contributed by atoms with Gasteiger partial charge >= 0.3 is 0 Å². The third-order valence-electron chi connectivity index (χ3n) is 3.38. The summed E-state index contributed by atoms with van der Waals surface area (Å²) in [5.74, 6) is 0.902. The quantitative estimate of drug-likeness (QED) is 0.636. The number of nitrogens with one attached hydrogen (secondary N) is 3. The van der Waals surface area contributed by atoms with Gasteiger partial charge in [0.25, 0.3) is 0 Å². The summed E-state index contributed by atoms with van der Waals surface area (Å²) in [5.41, 5.74) is 0. The molecule has 1 heterocycles. The van der Waals surface area contributed by atoms with Crippen molar-refractivity contribution in [2.45, 2.75) is 39.5 Å². The van der Waals surface area contributed by atoms with Crippen molar-refractivity contribution in [3.63, 3.8) is 0 Å². The van der Waals surface area contributed by atoms with Crippen LogP contribution >= 0.6 is 0 Å². The fraction of sp³-hybridized carbons (Fsp3) is 0.857. The molecule has 2 amide bonds. The van der Waals surface area contributed by atoms with Crippen LogP contribution in [0.15, 0.2) is 0 Å². The minimum Gasteiger partial charge on any atom is -0.354 e.